The van der Waals surface area contributed by atoms with Gasteiger partial charge in [-0.1, -0.05) is 26.0 Å². The van der Waals surface area contributed by atoms with Crippen molar-refractivity contribution >= 4 is 29.1 Å². The summed E-state index contributed by atoms with van der Waals surface area (Å²) in [5.74, 6) is -0.303. The smallest absolute Gasteiger partial charge is 0.235 e. The Hall–Kier alpha value is -1.55. The summed E-state index contributed by atoms with van der Waals surface area (Å²) < 4.78 is 0. The number of carbonyl (C=O) groups excluding carboxylic acids is 2. The second-order valence-electron chi connectivity index (χ2n) is 4.25. The Morgan fingerprint density at radius 2 is 1.83 bits per heavy atom. The summed E-state index contributed by atoms with van der Waals surface area (Å²) in [5, 5.41) is 5.47. The summed E-state index contributed by atoms with van der Waals surface area (Å²) in [7, 11) is 0. The number of amides is 2. The molecule has 0 aliphatic carbocycles. The monoisotopic (exact) mass is 268 g/mol. The van der Waals surface area contributed by atoms with Gasteiger partial charge >= 0.3 is 0 Å². The molecule has 5 heteroatoms. The molecular formula is C13H17ClN2O2. The van der Waals surface area contributed by atoms with Crippen LogP contribution in [0.15, 0.2) is 24.3 Å². The maximum absolute atomic E-state index is 11.5. The van der Waals surface area contributed by atoms with Gasteiger partial charge in [0, 0.05) is 18.2 Å². The van der Waals surface area contributed by atoms with Crippen LogP contribution in [0.1, 0.15) is 19.4 Å². The lowest BCUT2D eigenvalue weighted by Crippen LogP contribution is -2.23. The number of carbonyl (C=O) groups is 2. The molecule has 0 saturated carbocycles. The van der Waals surface area contributed by atoms with Gasteiger partial charge in [0.15, 0.2) is 0 Å². The zero-order valence-electron chi connectivity index (χ0n) is 10.5. The average Bonchev–Trinajstić information content (AvgIpc) is 2.37. The molecule has 0 aliphatic rings. The average molecular weight is 269 g/mol. The highest BCUT2D eigenvalue weighted by Crippen LogP contribution is 2.10. The Kier molecular flexibility index (Phi) is 5.65. The number of hydrogen-bond acceptors (Lipinski definition) is 2. The Morgan fingerprint density at radius 1 is 1.22 bits per heavy atom. The molecule has 0 aliphatic heterocycles. The van der Waals surface area contributed by atoms with E-state index in [1.54, 1.807) is 0 Å². The SMILES string of the molecule is CC(C)C(=O)Nc1ccc(CNC(=O)CCl)cc1. The molecule has 0 saturated heterocycles. The molecule has 98 valence electrons. The predicted molar refractivity (Wildman–Crippen MR) is 72.5 cm³/mol. The van der Waals surface area contributed by atoms with Crippen molar-refractivity contribution in [2.45, 2.75) is 20.4 Å². The van der Waals surface area contributed by atoms with Crippen LogP contribution in [0.4, 0.5) is 5.69 Å². The lowest BCUT2D eigenvalue weighted by atomic mass is 10.1. The lowest BCUT2D eigenvalue weighted by molar-refractivity contribution is -0.119. The quantitative estimate of drug-likeness (QED) is 0.804. The molecular weight excluding hydrogens is 252 g/mol. The van der Waals surface area contributed by atoms with Gasteiger partial charge in [-0.2, -0.15) is 0 Å². The molecule has 18 heavy (non-hydrogen) atoms. The van der Waals surface area contributed by atoms with E-state index in [-0.39, 0.29) is 23.6 Å². The third-order valence-corrected chi connectivity index (χ3v) is 2.60. The molecule has 0 spiro atoms. The zero-order chi connectivity index (χ0) is 13.5. The second-order valence-corrected chi connectivity index (χ2v) is 4.52. The van der Waals surface area contributed by atoms with Gasteiger partial charge in [0.05, 0.1) is 0 Å². The molecule has 4 nitrogen and oxygen atoms in total. The highest BCUT2D eigenvalue weighted by atomic mass is 35.5. The minimum absolute atomic E-state index is 0.0156. The first-order valence-corrected chi connectivity index (χ1v) is 6.29. The van der Waals surface area contributed by atoms with E-state index in [0.717, 1.165) is 11.3 Å². The molecule has 0 aromatic heterocycles. The molecule has 0 bridgehead atoms. The van der Waals surface area contributed by atoms with E-state index >= 15 is 0 Å². The first-order valence-electron chi connectivity index (χ1n) is 5.75. The van der Waals surface area contributed by atoms with Crippen molar-refractivity contribution in [1.29, 1.82) is 0 Å². The molecule has 2 amide bonds. The van der Waals surface area contributed by atoms with Gasteiger partial charge in [-0.25, -0.2) is 0 Å². The Morgan fingerprint density at radius 3 is 2.33 bits per heavy atom. The molecule has 0 heterocycles. The fourth-order valence-electron chi connectivity index (χ4n) is 1.24. The normalized spacial score (nSPS) is 10.2. The number of alkyl halides is 1. The van der Waals surface area contributed by atoms with Gasteiger partial charge in [-0.05, 0) is 17.7 Å². The van der Waals surface area contributed by atoms with E-state index in [4.69, 9.17) is 11.6 Å². The summed E-state index contributed by atoms with van der Waals surface area (Å²) >= 11 is 5.37. The molecule has 0 unspecified atom stereocenters. The summed E-state index contributed by atoms with van der Waals surface area (Å²) in [4.78, 5) is 22.4. The van der Waals surface area contributed by atoms with Gasteiger partial charge < -0.3 is 10.6 Å². The van der Waals surface area contributed by atoms with E-state index in [9.17, 15) is 9.59 Å². The van der Waals surface area contributed by atoms with Gasteiger partial charge in [0.25, 0.3) is 0 Å². The van der Waals surface area contributed by atoms with Crippen LogP contribution in [0.5, 0.6) is 0 Å². The van der Waals surface area contributed by atoms with Crippen molar-refractivity contribution in [3.63, 3.8) is 0 Å². The maximum Gasteiger partial charge on any atom is 0.235 e. The van der Waals surface area contributed by atoms with Gasteiger partial charge in [0.2, 0.25) is 11.8 Å². The number of anilines is 1. The standard InChI is InChI=1S/C13H17ClN2O2/c1-9(2)13(18)16-11-5-3-10(4-6-11)8-15-12(17)7-14/h3-6,9H,7-8H2,1-2H3,(H,15,17)(H,16,18). The molecule has 1 rings (SSSR count). The van der Waals surface area contributed by atoms with E-state index in [1.807, 2.05) is 38.1 Å². The second kappa shape index (κ2) is 7.01. The number of rotatable bonds is 5. The molecule has 1 aromatic rings. The molecule has 0 atom stereocenters. The molecule has 0 fully saturated rings. The fraction of sp³-hybridized carbons (Fsp3) is 0.385. The van der Waals surface area contributed by atoms with Crippen molar-refractivity contribution in [3.8, 4) is 0 Å². The van der Waals surface area contributed by atoms with E-state index in [2.05, 4.69) is 10.6 Å². The molecule has 0 radical (unpaired) electrons. The van der Waals surface area contributed by atoms with Crippen molar-refractivity contribution in [1.82, 2.24) is 5.32 Å². The molecule has 1 aromatic carbocycles. The van der Waals surface area contributed by atoms with Crippen LogP contribution < -0.4 is 10.6 Å². The number of benzene rings is 1. The van der Waals surface area contributed by atoms with Gasteiger partial charge in [0.1, 0.15) is 5.88 Å². The van der Waals surface area contributed by atoms with Crippen LogP contribution in [0.25, 0.3) is 0 Å². The minimum atomic E-state index is -0.200. The predicted octanol–water partition coefficient (Wildman–Crippen LogP) is 2.14. The summed E-state index contributed by atoms with van der Waals surface area (Å²) in [5.41, 5.74) is 1.71. The van der Waals surface area contributed by atoms with Crippen LogP contribution in [-0.4, -0.2) is 17.7 Å². The van der Waals surface area contributed by atoms with Crippen molar-refractivity contribution in [2.75, 3.05) is 11.2 Å². The Bertz CT molecular complexity index is 416. The highest BCUT2D eigenvalue weighted by molar-refractivity contribution is 6.27. The highest BCUT2D eigenvalue weighted by Gasteiger charge is 2.06. The summed E-state index contributed by atoms with van der Waals surface area (Å²) in [6.45, 7) is 4.11. The number of halogens is 1. The largest absolute Gasteiger partial charge is 0.351 e. The topological polar surface area (TPSA) is 58.2 Å². The van der Waals surface area contributed by atoms with Crippen LogP contribution in [0, 0.1) is 5.92 Å². The minimum Gasteiger partial charge on any atom is -0.351 e. The van der Waals surface area contributed by atoms with Crippen LogP contribution in [-0.2, 0) is 16.1 Å². The number of hydrogen-bond donors (Lipinski definition) is 2. The van der Waals surface area contributed by atoms with Gasteiger partial charge in [-0.3, -0.25) is 9.59 Å². The first kappa shape index (κ1) is 14.5. The van der Waals surface area contributed by atoms with Crippen molar-refractivity contribution in [2.24, 2.45) is 5.92 Å². The summed E-state index contributed by atoms with van der Waals surface area (Å²) in [6, 6.07) is 7.32. The van der Waals surface area contributed by atoms with Crippen LogP contribution in [0.2, 0.25) is 0 Å². The summed E-state index contributed by atoms with van der Waals surface area (Å²) in [6.07, 6.45) is 0. The van der Waals surface area contributed by atoms with E-state index in [1.165, 1.54) is 0 Å². The maximum atomic E-state index is 11.5. The zero-order valence-corrected chi connectivity index (χ0v) is 11.3. The lowest BCUT2D eigenvalue weighted by Gasteiger charge is -2.08. The Balaban J connectivity index is 2.52. The first-order chi connectivity index (χ1) is 8.52. The van der Waals surface area contributed by atoms with Crippen molar-refractivity contribution < 1.29 is 9.59 Å². The van der Waals surface area contributed by atoms with Gasteiger partial charge in [-0.15, -0.1) is 11.6 Å². The van der Waals surface area contributed by atoms with Crippen LogP contribution >= 0.6 is 11.6 Å². The van der Waals surface area contributed by atoms with Crippen LogP contribution in [0.3, 0.4) is 0 Å². The number of nitrogens with one attached hydrogen (secondary N) is 2. The Labute approximate surface area is 112 Å². The van der Waals surface area contributed by atoms with E-state index < -0.39 is 0 Å². The third kappa shape index (κ3) is 4.75. The molecule has 2 N–H and O–H groups in total. The fourth-order valence-corrected chi connectivity index (χ4v) is 1.33. The van der Waals surface area contributed by atoms with E-state index in [0.29, 0.717) is 6.54 Å². The third-order valence-electron chi connectivity index (χ3n) is 2.36. The van der Waals surface area contributed by atoms with Crippen molar-refractivity contribution in [3.05, 3.63) is 29.8 Å².